The Hall–Kier alpha value is -1.87. The van der Waals surface area contributed by atoms with Crippen molar-refractivity contribution in [3.05, 3.63) is 47.0 Å². The van der Waals surface area contributed by atoms with E-state index in [0.29, 0.717) is 6.42 Å². The van der Waals surface area contributed by atoms with E-state index in [9.17, 15) is 4.79 Å². The number of ether oxygens (including phenoxy) is 1. The largest absolute Gasteiger partial charge is 0.481 e. The predicted octanol–water partition coefficient (Wildman–Crippen LogP) is 3.63. The van der Waals surface area contributed by atoms with Gasteiger partial charge in [0.15, 0.2) is 0 Å². The van der Waals surface area contributed by atoms with Gasteiger partial charge in [-0.1, -0.05) is 30.3 Å². The fraction of sp³-hybridized carbons (Fsp3) is 0.389. The Balaban J connectivity index is 1.56. The van der Waals surface area contributed by atoms with E-state index in [4.69, 9.17) is 9.84 Å². The Morgan fingerprint density at radius 2 is 2.14 bits per heavy atom. The quantitative estimate of drug-likeness (QED) is 0.852. The lowest BCUT2D eigenvalue weighted by atomic mass is 9.96. The van der Waals surface area contributed by atoms with Crippen LogP contribution in [0.5, 0.6) is 0 Å². The first-order chi connectivity index (χ1) is 10.2. The highest BCUT2D eigenvalue weighted by Gasteiger charge is 2.41. The molecule has 0 aromatic heterocycles. The van der Waals surface area contributed by atoms with E-state index in [0.717, 1.165) is 19.3 Å². The number of aliphatic carboxylic acids is 1. The highest BCUT2D eigenvalue weighted by molar-refractivity contribution is 5.91. The van der Waals surface area contributed by atoms with E-state index in [2.05, 4.69) is 30.3 Å². The van der Waals surface area contributed by atoms with Crippen LogP contribution in [0.2, 0.25) is 0 Å². The van der Waals surface area contributed by atoms with Crippen molar-refractivity contribution < 1.29 is 14.6 Å². The van der Waals surface area contributed by atoms with Crippen LogP contribution in [0.1, 0.15) is 42.1 Å². The summed E-state index contributed by atoms with van der Waals surface area (Å²) in [5.41, 5.74) is 4.23. The molecule has 21 heavy (non-hydrogen) atoms. The van der Waals surface area contributed by atoms with Gasteiger partial charge in [0, 0.05) is 6.42 Å². The van der Waals surface area contributed by atoms with Crippen molar-refractivity contribution in [2.24, 2.45) is 0 Å². The molecule has 1 aliphatic heterocycles. The summed E-state index contributed by atoms with van der Waals surface area (Å²) < 4.78 is 5.81. The third kappa shape index (κ3) is 2.22. The van der Waals surface area contributed by atoms with Crippen LogP contribution in [0.4, 0.5) is 0 Å². The Labute approximate surface area is 123 Å². The lowest BCUT2D eigenvalue weighted by Gasteiger charge is -2.07. The Morgan fingerprint density at radius 3 is 3.00 bits per heavy atom. The second-order valence-corrected chi connectivity index (χ2v) is 6.03. The molecule has 1 aliphatic carbocycles. The summed E-state index contributed by atoms with van der Waals surface area (Å²) >= 11 is 0. The highest BCUT2D eigenvalue weighted by atomic mass is 16.6. The van der Waals surface area contributed by atoms with Gasteiger partial charge in [-0.3, -0.25) is 4.79 Å². The summed E-state index contributed by atoms with van der Waals surface area (Å²) in [4.78, 5) is 10.6. The molecule has 2 aromatic carbocycles. The van der Waals surface area contributed by atoms with Gasteiger partial charge in [-0.05, 0) is 53.1 Å². The third-order valence-electron chi connectivity index (χ3n) is 4.69. The second kappa shape index (κ2) is 4.85. The fourth-order valence-corrected chi connectivity index (χ4v) is 3.65. The summed E-state index contributed by atoms with van der Waals surface area (Å²) in [6.45, 7) is 0. The van der Waals surface area contributed by atoms with Gasteiger partial charge in [0.05, 0.1) is 6.10 Å². The van der Waals surface area contributed by atoms with Crippen LogP contribution >= 0.6 is 0 Å². The van der Waals surface area contributed by atoms with Gasteiger partial charge in [-0.25, -0.2) is 0 Å². The molecule has 1 saturated heterocycles. The molecule has 4 rings (SSSR count). The van der Waals surface area contributed by atoms with Crippen LogP contribution in [-0.4, -0.2) is 17.2 Å². The molecule has 3 nitrogen and oxygen atoms in total. The molecule has 0 amide bonds. The van der Waals surface area contributed by atoms with Crippen LogP contribution in [0.25, 0.3) is 10.8 Å². The van der Waals surface area contributed by atoms with Gasteiger partial charge in [0.2, 0.25) is 0 Å². The molecule has 0 saturated carbocycles. The Bertz CT molecular complexity index is 720. The summed E-state index contributed by atoms with van der Waals surface area (Å²) in [6.07, 6.45) is 4.41. The van der Waals surface area contributed by atoms with Gasteiger partial charge >= 0.3 is 5.97 Å². The van der Waals surface area contributed by atoms with E-state index in [-0.39, 0.29) is 18.6 Å². The maximum absolute atomic E-state index is 10.6. The van der Waals surface area contributed by atoms with Gasteiger partial charge < -0.3 is 9.84 Å². The van der Waals surface area contributed by atoms with Gasteiger partial charge in [0.25, 0.3) is 0 Å². The number of epoxide rings is 1. The minimum Gasteiger partial charge on any atom is -0.481 e. The molecule has 1 fully saturated rings. The van der Waals surface area contributed by atoms with Crippen LogP contribution in [0.15, 0.2) is 30.3 Å². The molecule has 2 unspecified atom stereocenters. The zero-order chi connectivity index (χ0) is 14.4. The van der Waals surface area contributed by atoms with Gasteiger partial charge in [-0.2, -0.15) is 0 Å². The summed E-state index contributed by atoms with van der Waals surface area (Å²) in [6, 6.07) is 10.9. The summed E-state index contributed by atoms with van der Waals surface area (Å²) in [5.74, 6) is -0.721. The second-order valence-electron chi connectivity index (χ2n) is 6.03. The smallest absolute Gasteiger partial charge is 0.303 e. The number of hydrogen-bond donors (Lipinski definition) is 1. The predicted molar refractivity (Wildman–Crippen MR) is 80.5 cm³/mol. The average molecular weight is 282 g/mol. The van der Waals surface area contributed by atoms with E-state index in [1.807, 2.05) is 0 Å². The minimum absolute atomic E-state index is 0.185. The van der Waals surface area contributed by atoms with E-state index >= 15 is 0 Å². The Kier molecular flexibility index (Phi) is 2.96. The van der Waals surface area contributed by atoms with E-state index in [1.165, 1.54) is 27.5 Å². The number of benzene rings is 2. The third-order valence-corrected chi connectivity index (χ3v) is 4.69. The number of hydrogen-bond acceptors (Lipinski definition) is 2. The van der Waals surface area contributed by atoms with Crippen LogP contribution in [0, 0.1) is 0 Å². The lowest BCUT2D eigenvalue weighted by Crippen LogP contribution is -1.98. The first-order valence-electron chi connectivity index (χ1n) is 7.64. The molecule has 2 aliphatic rings. The molecule has 1 heterocycles. The molecule has 0 radical (unpaired) electrons. The maximum Gasteiger partial charge on any atom is 0.303 e. The van der Waals surface area contributed by atoms with E-state index < -0.39 is 5.97 Å². The number of carboxylic acid groups (broad SMARTS) is 1. The maximum atomic E-state index is 10.6. The van der Waals surface area contributed by atoms with Gasteiger partial charge in [-0.15, -0.1) is 0 Å². The number of carbonyl (C=O) groups is 1. The Morgan fingerprint density at radius 1 is 1.24 bits per heavy atom. The van der Waals surface area contributed by atoms with Crippen LogP contribution in [0.3, 0.4) is 0 Å². The number of rotatable bonds is 5. The molecule has 0 spiro atoms. The number of aryl methyl sites for hydroxylation is 2. The zero-order valence-corrected chi connectivity index (χ0v) is 11.8. The van der Waals surface area contributed by atoms with Crippen molar-refractivity contribution in [3.8, 4) is 0 Å². The SMILES string of the molecule is O=C(O)CCCC1OC1c1ccc2cccc3c2c1CC3. The van der Waals surface area contributed by atoms with Crippen LogP contribution < -0.4 is 0 Å². The van der Waals surface area contributed by atoms with Gasteiger partial charge in [0.1, 0.15) is 6.10 Å². The average Bonchev–Trinajstić information content (AvgIpc) is 3.10. The normalized spacial score (nSPS) is 22.7. The molecule has 0 bridgehead atoms. The standard InChI is InChI=1S/C18H18O3/c19-16(20)6-2-5-15-18(21-15)14-10-8-12-4-1-3-11-7-9-13(14)17(11)12/h1,3-4,8,10,15,18H,2,5-7,9H2,(H,19,20). The van der Waals surface area contributed by atoms with Crippen molar-refractivity contribution in [2.75, 3.05) is 0 Å². The molecule has 3 heteroatoms. The first-order valence-corrected chi connectivity index (χ1v) is 7.64. The monoisotopic (exact) mass is 282 g/mol. The lowest BCUT2D eigenvalue weighted by molar-refractivity contribution is -0.137. The molecule has 1 N–H and O–H groups in total. The first kappa shape index (κ1) is 12.8. The molecule has 2 aromatic rings. The topological polar surface area (TPSA) is 49.8 Å². The van der Waals surface area contributed by atoms with E-state index in [1.54, 1.807) is 0 Å². The number of carboxylic acids is 1. The molecule has 108 valence electrons. The highest BCUT2D eigenvalue weighted by Crippen LogP contribution is 2.46. The fourth-order valence-electron chi connectivity index (χ4n) is 3.65. The van der Waals surface area contributed by atoms with Crippen molar-refractivity contribution in [1.82, 2.24) is 0 Å². The van der Waals surface area contributed by atoms with Crippen LogP contribution in [-0.2, 0) is 22.4 Å². The van der Waals surface area contributed by atoms with Crippen molar-refractivity contribution in [1.29, 1.82) is 0 Å². The van der Waals surface area contributed by atoms with Crippen molar-refractivity contribution >= 4 is 16.7 Å². The molecular weight excluding hydrogens is 264 g/mol. The van der Waals surface area contributed by atoms with Crippen molar-refractivity contribution in [2.45, 2.75) is 44.3 Å². The van der Waals surface area contributed by atoms with Crippen molar-refractivity contribution in [3.63, 3.8) is 0 Å². The zero-order valence-electron chi connectivity index (χ0n) is 11.8. The molecular formula is C18H18O3. The summed E-state index contributed by atoms with van der Waals surface area (Å²) in [5, 5.41) is 11.4. The molecule has 2 atom stereocenters. The minimum atomic E-state index is -0.721. The summed E-state index contributed by atoms with van der Waals surface area (Å²) in [7, 11) is 0.